The highest BCUT2D eigenvalue weighted by atomic mass is 32.2. The maximum atomic E-state index is 11.5. The molecule has 2 saturated heterocycles. The SMILES string of the molecule is COc1cnc2c(C3CCN(CCSCCN4CCCCC4C(=O)O)CC3)cn(CCOCC3CC3)c2c1OC. The lowest BCUT2D eigenvalue weighted by molar-refractivity contribution is -0.144. The molecule has 0 aromatic carbocycles. The number of carboxylic acids is 1. The topological polar surface area (TPSA) is 89.3 Å². The Bertz CT molecular complexity index is 1120. The quantitative estimate of drug-likeness (QED) is 0.312. The molecule has 40 heavy (non-hydrogen) atoms. The van der Waals surface area contributed by atoms with Gasteiger partial charge in [-0.2, -0.15) is 11.8 Å². The van der Waals surface area contributed by atoms with Gasteiger partial charge in [-0.15, -0.1) is 0 Å². The number of aliphatic carboxylic acids is 1. The van der Waals surface area contributed by atoms with Gasteiger partial charge in [-0.3, -0.25) is 14.7 Å². The van der Waals surface area contributed by atoms with Crippen molar-refractivity contribution in [3.63, 3.8) is 0 Å². The summed E-state index contributed by atoms with van der Waals surface area (Å²) < 4.78 is 19.6. The van der Waals surface area contributed by atoms with Crippen LogP contribution in [0.3, 0.4) is 0 Å². The first-order valence-electron chi connectivity index (χ1n) is 15.0. The summed E-state index contributed by atoms with van der Waals surface area (Å²) in [5.41, 5.74) is 3.33. The highest BCUT2D eigenvalue weighted by molar-refractivity contribution is 7.99. The number of pyridine rings is 1. The number of nitrogens with zero attached hydrogens (tertiary/aromatic N) is 4. The van der Waals surface area contributed by atoms with E-state index in [1.54, 1.807) is 20.4 Å². The van der Waals surface area contributed by atoms with Gasteiger partial charge in [0.2, 0.25) is 0 Å². The van der Waals surface area contributed by atoms with Crippen LogP contribution in [0.25, 0.3) is 11.0 Å². The van der Waals surface area contributed by atoms with E-state index in [1.807, 2.05) is 11.8 Å². The van der Waals surface area contributed by atoms with E-state index in [1.165, 1.54) is 18.4 Å². The standard InChI is InChI=1S/C30H46N4O5S/c1-37-26-19-31-27-24(20-34(28(27)29(26)38-2)13-16-39-21-22-6-7-22)23-8-11-32(12-9-23)14-17-40-18-15-33-10-4-3-5-25(33)30(35)36/h19-20,22-23,25H,3-18,21H2,1-2H3,(H,35,36). The average molecular weight is 575 g/mol. The molecular formula is C30H46N4O5S. The largest absolute Gasteiger partial charge is 0.491 e. The third-order valence-electron chi connectivity index (χ3n) is 8.78. The second-order valence-electron chi connectivity index (χ2n) is 11.5. The molecule has 3 fully saturated rings. The van der Waals surface area contributed by atoms with Crippen molar-refractivity contribution in [2.45, 2.75) is 63.5 Å². The second-order valence-corrected chi connectivity index (χ2v) is 12.7. The monoisotopic (exact) mass is 574 g/mol. The number of ether oxygens (including phenoxy) is 3. The van der Waals surface area contributed by atoms with Crippen molar-refractivity contribution in [3.05, 3.63) is 18.0 Å². The number of thioether (sulfide) groups is 1. The molecule has 2 aliphatic heterocycles. The highest BCUT2D eigenvalue weighted by Crippen LogP contribution is 2.40. The molecule has 3 aliphatic rings. The molecule has 1 aliphatic carbocycles. The normalized spacial score (nSPS) is 21.2. The smallest absolute Gasteiger partial charge is 0.320 e. The van der Waals surface area contributed by atoms with Crippen LogP contribution >= 0.6 is 11.8 Å². The van der Waals surface area contributed by atoms with Gasteiger partial charge in [0.1, 0.15) is 11.6 Å². The van der Waals surface area contributed by atoms with E-state index < -0.39 is 5.97 Å². The molecule has 0 spiro atoms. The number of hydrogen-bond acceptors (Lipinski definition) is 8. The Labute approximate surface area is 242 Å². The van der Waals surface area contributed by atoms with Crippen molar-refractivity contribution in [1.82, 2.24) is 19.4 Å². The summed E-state index contributed by atoms with van der Waals surface area (Å²) in [6.45, 7) is 7.38. The lowest BCUT2D eigenvalue weighted by Gasteiger charge is -2.33. The molecule has 10 heteroatoms. The van der Waals surface area contributed by atoms with Gasteiger partial charge in [0.15, 0.2) is 11.5 Å². The van der Waals surface area contributed by atoms with Crippen molar-refractivity contribution in [1.29, 1.82) is 0 Å². The maximum Gasteiger partial charge on any atom is 0.320 e. The summed E-state index contributed by atoms with van der Waals surface area (Å²) in [5, 5.41) is 9.49. The van der Waals surface area contributed by atoms with E-state index in [0.29, 0.717) is 18.3 Å². The first-order chi connectivity index (χ1) is 19.6. The van der Waals surface area contributed by atoms with E-state index >= 15 is 0 Å². The fraction of sp³-hybridized carbons (Fsp3) is 0.733. The van der Waals surface area contributed by atoms with E-state index in [-0.39, 0.29) is 6.04 Å². The molecule has 1 atom stereocenters. The molecule has 2 aromatic rings. The zero-order valence-electron chi connectivity index (χ0n) is 24.2. The first-order valence-corrected chi connectivity index (χ1v) is 16.2. The number of aromatic nitrogens is 2. The Morgan fingerprint density at radius 3 is 2.55 bits per heavy atom. The molecule has 222 valence electrons. The Kier molecular flexibility index (Phi) is 10.5. The van der Waals surface area contributed by atoms with Gasteiger partial charge in [0.25, 0.3) is 0 Å². The molecule has 0 amide bonds. The zero-order chi connectivity index (χ0) is 27.9. The number of hydrogen-bond donors (Lipinski definition) is 1. The summed E-state index contributed by atoms with van der Waals surface area (Å²) in [5.74, 6) is 4.06. The van der Waals surface area contributed by atoms with Gasteiger partial charge in [-0.25, -0.2) is 0 Å². The summed E-state index contributed by atoms with van der Waals surface area (Å²) >= 11 is 1.95. The summed E-state index contributed by atoms with van der Waals surface area (Å²) in [6.07, 6.45) is 11.8. The lowest BCUT2D eigenvalue weighted by Crippen LogP contribution is -2.45. The van der Waals surface area contributed by atoms with Crippen molar-refractivity contribution in [3.8, 4) is 11.5 Å². The van der Waals surface area contributed by atoms with Crippen LogP contribution in [0.15, 0.2) is 12.4 Å². The number of rotatable bonds is 15. The molecule has 0 bridgehead atoms. The Balaban J connectivity index is 1.13. The first kappa shape index (κ1) is 29.5. The second kappa shape index (κ2) is 14.2. The van der Waals surface area contributed by atoms with E-state index in [9.17, 15) is 9.90 Å². The van der Waals surface area contributed by atoms with Gasteiger partial charge in [-0.1, -0.05) is 6.42 Å². The van der Waals surface area contributed by atoms with Gasteiger partial charge in [0.05, 0.1) is 32.5 Å². The minimum absolute atomic E-state index is 0.287. The molecule has 1 N–H and O–H groups in total. The molecule has 1 saturated carbocycles. The number of likely N-dealkylation sites (tertiary alicyclic amines) is 2. The van der Waals surface area contributed by atoms with Crippen molar-refractivity contribution >= 4 is 28.8 Å². The van der Waals surface area contributed by atoms with Crippen LogP contribution in [0.2, 0.25) is 0 Å². The zero-order valence-corrected chi connectivity index (χ0v) is 25.0. The summed E-state index contributed by atoms with van der Waals surface area (Å²) in [4.78, 5) is 21.1. The summed E-state index contributed by atoms with van der Waals surface area (Å²) in [7, 11) is 3.36. The predicted molar refractivity (Wildman–Crippen MR) is 159 cm³/mol. The van der Waals surface area contributed by atoms with Crippen LogP contribution in [-0.2, 0) is 16.1 Å². The third kappa shape index (κ3) is 7.24. The van der Waals surface area contributed by atoms with Gasteiger partial charge in [-0.05, 0) is 75.6 Å². The number of fused-ring (bicyclic) bond motifs is 1. The van der Waals surface area contributed by atoms with Crippen LogP contribution in [0.4, 0.5) is 0 Å². The molecule has 4 heterocycles. The van der Waals surface area contributed by atoms with Gasteiger partial charge < -0.3 is 28.8 Å². The van der Waals surface area contributed by atoms with Crippen LogP contribution < -0.4 is 9.47 Å². The minimum atomic E-state index is -0.662. The average Bonchev–Trinajstić information content (AvgIpc) is 3.74. The maximum absolute atomic E-state index is 11.5. The van der Waals surface area contributed by atoms with E-state index in [4.69, 9.17) is 19.2 Å². The molecule has 2 aromatic heterocycles. The summed E-state index contributed by atoms with van der Waals surface area (Å²) in [6, 6.07) is -0.287. The van der Waals surface area contributed by atoms with E-state index in [2.05, 4.69) is 20.6 Å². The van der Waals surface area contributed by atoms with Crippen molar-refractivity contribution in [2.24, 2.45) is 5.92 Å². The lowest BCUT2D eigenvalue weighted by atomic mass is 9.90. The number of carboxylic acid groups (broad SMARTS) is 1. The van der Waals surface area contributed by atoms with Crippen LogP contribution in [-0.4, -0.2) is 108 Å². The molecule has 0 radical (unpaired) electrons. The van der Waals surface area contributed by atoms with Crippen molar-refractivity contribution in [2.75, 3.05) is 71.7 Å². The van der Waals surface area contributed by atoms with Crippen LogP contribution in [0, 0.1) is 5.92 Å². The fourth-order valence-electron chi connectivity index (χ4n) is 6.24. The highest BCUT2D eigenvalue weighted by Gasteiger charge is 2.29. The number of piperidine rings is 2. The van der Waals surface area contributed by atoms with E-state index in [0.717, 1.165) is 112 Å². The fourth-order valence-corrected chi connectivity index (χ4v) is 7.19. The molecule has 9 nitrogen and oxygen atoms in total. The Hall–Kier alpha value is -2.01. The third-order valence-corrected chi connectivity index (χ3v) is 9.72. The predicted octanol–water partition coefficient (Wildman–Crippen LogP) is 4.33. The molecule has 5 rings (SSSR count). The Morgan fingerprint density at radius 2 is 1.82 bits per heavy atom. The van der Waals surface area contributed by atoms with Crippen LogP contribution in [0.1, 0.15) is 56.4 Å². The minimum Gasteiger partial charge on any atom is -0.491 e. The number of carbonyl (C=O) groups is 1. The van der Waals surface area contributed by atoms with Gasteiger partial charge >= 0.3 is 5.97 Å². The molecular weight excluding hydrogens is 528 g/mol. The van der Waals surface area contributed by atoms with Crippen molar-refractivity contribution < 1.29 is 24.1 Å². The molecule has 1 unspecified atom stereocenters. The van der Waals surface area contributed by atoms with Crippen LogP contribution in [0.5, 0.6) is 11.5 Å². The van der Waals surface area contributed by atoms with Gasteiger partial charge in [0, 0.05) is 43.9 Å². The number of methoxy groups -OCH3 is 2. The Morgan fingerprint density at radius 1 is 1.02 bits per heavy atom.